The number of nitriles is 1. The highest BCUT2D eigenvalue weighted by Crippen LogP contribution is 2.42. The third-order valence-corrected chi connectivity index (χ3v) is 5.59. The van der Waals surface area contributed by atoms with Gasteiger partial charge in [0.25, 0.3) is 17.5 Å². The van der Waals surface area contributed by atoms with Gasteiger partial charge in [-0.1, -0.05) is 18.2 Å². The summed E-state index contributed by atoms with van der Waals surface area (Å²) < 4.78 is 43.0. The molecule has 4 rings (SSSR count). The molecule has 1 fully saturated rings. The molecule has 2 aromatic heterocycles. The molecule has 31 heavy (non-hydrogen) atoms. The molecule has 3 aromatic rings. The van der Waals surface area contributed by atoms with Crippen LogP contribution in [0.15, 0.2) is 40.1 Å². The van der Waals surface area contributed by atoms with Crippen LogP contribution < -0.4 is 16.4 Å². The molecule has 0 spiro atoms. The number of halogens is 3. The van der Waals surface area contributed by atoms with Crippen molar-refractivity contribution in [2.45, 2.75) is 37.8 Å². The van der Waals surface area contributed by atoms with Crippen molar-refractivity contribution in [3.8, 4) is 6.07 Å². The maximum atomic E-state index is 14.6. The number of benzene rings is 1. The molecule has 7 nitrogen and oxygen atoms in total. The van der Waals surface area contributed by atoms with Crippen molar-refractivity contribution in [3.05, 3.63) is 68.1 Å². The van der Waals surface area contributed by atoms with Gasteiger partial charge in [0, 0.05) is 30.3 Å². The van der Waals surface area contributed by atoms with Crippen molar-refractivity contribution in [1.82, 2.24) is 14.3 Å². The molecule has 0 aliphatic heterocycles. The fourth-order valence-corrected chi connectivity index (χ4v) is 3.64. The highest BCUT2D eigenvalue weighted by atomic mass is 19.3. The van der Waals surface area contributed by atoms with Crippen LogP contribution >= 0.6 is 0 Å². The van der Waals surface area contributed by atoms with Gasteiger partial charge < -0.3 is 5.32 Å². The van der Waals surface area contributed by atoms with E-state index in [-0.39, 0.29) is 22.2 Å². The van der Waals surface area contributed by atoms with Crippen molar-refractivity contribution in [3.63, 3.8) is 0 Å². The number of hydrogen-bond donors (Lipinski definition) is 1. The summed E-state index contributed by atoms with van der Waals surface area (Å²) in [5.41, 5.74) is -2.64. The third-order valence-electron chi connectivity index (χ3n) is 5.59. The van der Waals surface area contributed by atoms with Crippen LogP contribution in [0.5, 0.6) is 0 Å². The van der Waals surface area contributed by atoms with Crippen LogP contribution in [0.25, 0.3) is 10.8 Å². The minimum absolute atomic E-state index is 0.00520. The largest absolute Gasteiger partial charge is 0.361 e. The molecule has 0 saturated heterocycles. The number of nitrogens with one attached hydrogen (secondary N) is 1. The van der Waals surface area contributed by atoms with Crippen molar-refractivity contribution < 1.29 is 13.2 Å². The van der Waals surface area contributed by atoms with Crippen molar-refractivity contribution in [2.75, 3.05) is 5.32 Å². The van der Waals surface area contributed by atoms with Gasteiger partial charge in [-0.3, -0.25) is 14.2 Å². The Hall–Kier alpha value is -3.61. The SMILES string of the molecule is CC(Nc1nn(C)c(=O)c2cc(=O)n(C3(C#N)CC3)cc12)c1cccc(C(F)F)c1F. The average Bonchev–Trinajstić information content (AvgIpc) is 3.52. The summed E-state index contributed by atoms with van der Waals surface area (Å²) in [6, 6.07) is 6.25. The normalized spacial score (nSPS) is 15.6. The number of alkyl halides is 2. The first-order chi connectivity index (χ1) is 14.7. The van der Waals surface area contributed by atoms with Crippen LogP contribution in [0.1, 0.15) is 43.4 Å². The first kappa shape index (κ1) is 20.7. The molecule has 160 valence electrons. The van der Waals surface area contributed by atoms with Crippen LogP contribution in [0.2, 0.25) is 0 Å². The molecular formula is C21H18F3N5O2. The standard InChI is InChI=1S/C21H18F3N5O2/c1-11(12-4-3-5-13(17(12)22)18(23)24)26-19-15-9-29(21(10-25)6-7-21)16(30)8-14(15)20(31)28(2)27-19/h3-5,8-9,11,18H,6-7H2,1-2H3,(H,26,27). The summed E-state index contributed by atoms with van der Waals surface area (Å²) in [5, 5.41) is 17.0. The van der Waals surface area contributed by atoms with E-state index in [0.29, 0.717) is 12.8 Å². The number of hydrogen-bond acceptors (Lipinski definition) is 5. The van der Waals surface area contributed by atoms with Gasteiger partial charge in [0.2, 0.25) is 0 Å². The minimum Gasteiger partial charge on any atom is -0.361 e. The van der Waals surface area contributed by atoms with Gasteiger partial charge in [-0.15, -0.1) is 0 Å². The van der Waals surface area contributed by atoms with Gasteiger partial charge in [0.15, 0.2) is 5.82 Å². The lowest BCUT2D eigenvalue weighted by Crippen LogP contribution is -2.31. The Bertz CT molecular complexity index is 1350. The number of nitrogens with zero attached hydrogens (tertiary/aromatic N) is 4. The second-order valence-electron chi connectivity index (χ2n) is 7.65. The van der Waals surface area contributed by atoms with E-state index in [1.54, 1.807) is 6.92 Å². The van der Waals surface area contributed by atoms with Gasteiger partial charge >= 0.3 is 0 Å². The monoisotopic (exact) mass is 429 g/mol. The summed E-state index contributed by atoms with van der Waals surface area (Å²) in [5.74, 6) is -0.862. The number of aromatic nitrogens is 3. The minimum atomic E-state index is -2.96. The maximum Gasteiger partial charge on any atom is 0.274 e. The smallest absolute Gasteiger partial charge is 0.274 e. The Morgan fingerprint density at radius 1 is 1.23 bits per heavy atom. The van der Waals surface area contributed by atoms with Crippen LogP contribution in [-0.4, -0.2) is 14.3 Å². The number of fused-ring (bicyclic) bond motifs is 1. The Morgan fingerprint density at radius 3 is 2.52 bits per heavy atom. The molecule has 10 heteroatoms. The molecule has 0 amide bonds. The summed E-state index contributed by atoms with van der Waals surface area (Å²) in [7, 11) is 1.40. The van der Waals surface area contributed by atoms with Gasteiger partial charge in [-0.25, -0.2) is 17.9 Å². The van der Waals surface area contributed by atoms with Crippen LogP contribution in [0, 0.1) is 17.1 Å². The molecule has 1 aliphatic carbocycles. The predicted molar refractivity (Wildman–Crippen MR) is 107 cm³/mol. The van der Waals surface area contributed by atoms with E-state index in [2.05, 4.69) is 16.5 Å². The second kappa shape index (κ2) is 7.27. The van der Waals surface area contributed by atoms with Gasteiger partial charge in [0.05, 0.1) is 23.1 Å². The van der Waals surface area contributed by atoms with Crippen molar-refractivity contribution >= 4 is 16.6 Å². The molecule has 1 N–H and O–H groups in total. The third kappa shape index (κ3) is 3.36. The maximum absolute atomic E-state index is 14.6. The summed E-state index contributed by atoms with van der Waals surface area (Å²) in [6.45, 7) is 1.57. The van der Waals surface area contributed by atoms with Crippen molar-refractivity contribution in [2.24, 2.45) is 7.05 Å². The lowest BCUT2D eigenvalue weighted by atomic mass is 10.0. The second-order valence-corrected chi connectivity index (χ2v) is 7.65. The molecule has 1 saturated carbocycles. The fourth-order valence-electron chi connectivity index (χ4n) is 3.64. The molecular weight excluding hydrogens is 411 g/mol. The number of anilines is 1. The Kier molecular flexibility index (Phi) is 4.84. The van der Waals surface area contributed by atoms with E-state index in [9.17, 15) is 28.0 Å². The summed E-state index contributed by atoms with van der Waals surface area (Å²) in [6.07, 6.45) is -0.530. The lowest BCUT2D eigenvalue weighted by Gasteiger charge is -2.19. The first-order valence-corrected chi connectivity index (χ1v) is 9.57. The molecule has 0 radical (unpaired) electrons. The zero-order valence-corrected chi connectivity index (χ0v) is 16.7. The van der Waals surface area contributed by atoms with E-state index in [1.807, 2.05) is 0 Å². The number of aryl methyl sites for hydroxylation is 1. The molecule has 1 aliphatic rings. The first-order valence-electron chi connectivity index (χ1n) is 9.57. The zero-order valence-electron chi connectivity index (χ0n) is 16.7. The van der Waals surface area contributed by atoms with E-state index in [4.69, 9.17) is 0 Å². The van der Waals surface area contributed by atoms with E-state index in [0.717, 1.165) is 16.8 Å². The summed E-state index contributed by atoms with van der Waals surface area (Å²) in [4.78, 5) is 25.1. The zero-order chi connectivity index (χ0) is 22.5. The fraction of sp³-hybridized carbons (Fsp3) is 0.333. The van der Waals surface area contributed by atoms with Crippen LogP contribution in [-0.2, 0) is 12.6 Å². The van der Waals surface area contributed by atoms with E-state index in [1.165, 1.54) is 29.9 Å². The van der Waals surface area contributed by atoms with Crippen LogP contribution in [0.4, 0.5) is 19.0 Å². The number of pyridine rings is 1. The van der Waals surface area contributed by atoms with E-state index >= 15 is 0 Å². The lowest BCUT2D eigenvalue weighted by molar-refractivity contribution is 0.146. The van der Waals surface area contributed by atoms with E-state index < -0.39 is 40.5 Å². The quantitative estimate of drug-likeness (QED) is 0.672. The summed E-state index contributed by atoms with van der Waals surface area (Å²) >= 11 is 0. The predicted octanol–water partition coefficient (Wildman–Crippen LogP) is 3.36. The Morgan fingerprint density at radius 2 is 1.90 bits per heavy atom. The molecule has 1 aromatic carbocycles. The van der Waals surface area contributed by atoms with Crippen LogP contribution in [0.3, 0.4) is 0 Å². The van der Waals surface area contributed by atoms with Gasteiger partial charge in [-0.05, 0) is 19.8 Å². The Labute approximate surface area is 174 Å². The number of rotatable bonds is 5. The highest BCUT2D eigenvalue weighted by Gasteiger charge is 2.46. The van der Waals surface area contributed by atoms with Gasteiger partial charge in [-0.2, -0.15) is 10.4 Å². The van der Waals surface area contributed by atoms with Gasteiger partial charge in [0.1, 0.15) is 11.4 Å². The molecule has 2 heterocycles. The van der Waals surface area contributed by atoms with Crippen molar-refractivity contribution in [1.29, 1.82) is 5.26 Å². The molecule has 1 unspecified atom stereocenters. The molecule has 1 atom stereocenters. The Balaban J connectivity index is 1.85. The average molecular weight is 429 g/mol. The highest BCUT2D eigenvalue weighted by molar-refractivity contribution is 5.90. The topological polar surface area (TPSA) is 92.7 Å². The molecule has 0 bridgehead atoms.